The highest BCUT2D eigenvalue weighted by Crippen LogP contribution is 2.23. The lowest BCUT2D eigenvalue weighted by atomic mass is 10.0. The third kappa shape index (κ3) is 2.01. The van der Waals surface area contributed by atoms with E-state index in [0.717, 1.165) is 0 Å². The number of guanidine groups is 1. The number of carbonyl (C=O) groups is 1. The first-order valence-electron chi connectivity index (χ1n) is 5.10. The van der Waals surface area contributed by atoms with Crippen molar-refractivity contribution in [2.45, 2.75) is 0 Å². The maximum absolute atomic E-state index is 11.5. The zero-order valence-corrected chi connectivity index (χ0v) is 9.60. The Bertz CT molecular complexity index is 593. The molecule has 18 heavy (non-hydrogen) atoms. The molecule has 0 saturated heterocycles. The molecule has 6 nitrogen and oxygen atoms in total. The fourth-order valence-electron chi connectivity index (χ4n) is 1.56. The third-order valence-corrected chi connectivity index (χ3v) is 2.42. The van der Waals surface area contributed by atoms with Crippen LogP contribution < -0.4 is 15.8 Å². The van der Waals surface area contributed by atoms with Gasteiger partial charge in [-0.3, -0.25) is 10.1 Å². The number of nitrogens with two attached hydrogens (primary N) is 1. The summed E-state index contributed by atoms with van der Waals surface area (Å²) in [7, 11) is 1.55. The Hall–Kier alpha value is -2.81. The number of rotatable bonds is 2. The first kappa shape index (κ1) is 11.7. The van der Waals surface area contributed by atoms with Gasteiger partial charge in [-0.2, -0.15) is 5.26 Å². The molecular weight excluding hydrogens is 232 g/mol. The molecule has 0 aliphatic carbocycles. The second-order valence-corrected chi connectivity index (χ2v) is 3.52. The number of ether oxygens (including phenoxy) is 1. The van der Waals surface area contributed by atoms with E-state index >= 15 is 0 Å². The number of amides is 1. The minimum absolute atomic E-state index is 0.00346. The smallest absolute Gasteiger partial charge is 0.278 e. The summed E-state index contributed by atoms with van der Waals surface area (Å²) >= 11 is 0. The molecule has 6 heteroatoms. The number of nitrogens with one attached hydrogen (secondary N) is 1. The Morgan fingerprint density at radius 1 is 1.44 bits per heavy atom. The molecule has 2 rings (SSSR count). The third-order valence-electron chi connectivity index (χ3n) is 2.42. The first-order valence-corrected chi connectivity index (χ1v) is 5.10. The van der Waals surface area contributed by atoms with E-state index in [0.29, 0.717) is 11.3 Å². The molecular formula is C12H10N4O2. The van der Waals surface area contributed by atoms with Crippen molar-refractivity contribution in [3.05, 3.63) is 35.5 Å². The van der Waals surface area contributed by atoms with E-state index in [9.17, 15) is 4.79 Å². The Kier molecular flexibility index (Phi) is 2.98. The highest BCUT2D eigenvalue weighted by molar-refractivity contribution is 6.16. The zero-order chi connectivity index (χ0) is 13.1. The molecule has 1 aliphatic heterocycles. The summed E-state index contributed by atoms with van der Waals surface area (Å²) in [6.07, 6.45) is 0. The molecule has 0 fully saturated rings. The van der Waals surface area contributed by atoms with Crippen molar-refractivity contribution in [3.63, 3.8) is 0 Å². The number of nitriles is 1. The van der Waals surface area contributed by atoms with Gasteiger partial charge in [0, 0.05) is 0 Å². The minimum atomic E-state index is -0.472. The molecule has 3 N–H and O–H groups in total. The number of hydrogen-bond donors (Lipinski definition) is 2. The van der Waals surface area contributed by atoms with E-state index < -0.39 is 5.91 Å². The molecule has 0 radical (unpaired) electrons. The Morgan fingerprint density at radius 2 is 2.11 bits per heavy atom. The van der Waals surface area contributed by atoms with Crippen LogP contribution in [0.1, 0.15) is 5.56 Å². The Balaban J connectivity index is 2.49. The molecule has 1 aliphatic rings. The zero-order valence-electron chi connectivity index (χ0n) is 9.60. The largest absolute Gasteiger partial charge is 0.497 e. The van der Waals surface area contributed by atoms with E-state index in [-0.39, 0.29) is 17.2 Å². The van der Waals surface area contributed by atoms with Gasteiger partial charge in [0.1, 0.15) is 11.8 Å². The van der Waals surface area contributed by atoms with Crippen molar-refractivity contribution in [1.29, 1.82) is 5.26 Å². The van der Waals surface area contributed by atoms with Crippen LogP contribution in [0.2, 0.25) is 0 Å². The summed E-state index contributed by atoms with van der Waals surface area (Å²) in [6, 6.07) is 8.73. The first-order chi connectivity index (χ1) is 8.65. The maximum atomic E-state index is 11.5. The van der Waals surface area contributed by atoms with Crippen molar-refractivity contribution in [3.8, 4) is 11.8 Å². The average molecular weight is 242 g/mol. The van der Waals surface area contributed by atoms with Crippen LogP contribution in [-0.2, 0) is 4.79 Å². The second kappa shape index (κ2) is 4.59. The molecule has 0 spiro atoms. The molecule has 1 aromatic rings. The van der Waals surface area contributed by atoms with Crippen LogP contribution >= 0.6 is 0 Å². The van der Waals surface area contributed by atoms with Gasteiger partial charge in [0.25, 0.3) is 5.91 Å². The van der Waals surface area contributed by atoms with Gasteiger partial charge in [0.05, 0.1) is 12.7 Å². The summed E-state index contributed by atoms with van der Waals surface area (Å²) in [6.45, 7) is 0. The van der Waals surface area contributed by atoms with E-state index in [4.69, 9.17) is 15.7 Å². The van der Waals surface area contributed by atoms with Gasteiger partial charge in [-0.05, 0) is 29.8 Å². The van der Waals surface area contributed by atoms with Gasteiger partial charge in [-0.25, -0.2) is 4.99 Å². The van der Waals surface area contributed by atoms with Crippen LogP contribution in [0.3, 0.4) is 0 Å². The number of methoxy groups -OCH3 is 1. The predicted octanol–water partition coefficient (Wildman–Crippen LogP) is 0.374. The molecule has 0 unspecified atom stereocenters. The van der Waals surface area contributed by atoms with Crippen LogP contribution in [-0.4, -0.2) is 19.0 Å². The summed E-state index contributed by atoms with van der Waals surface area (Å²) in [4.78, 5) is 15.4. The molecule has 0 aromatic heterocycles. The Labute approximate surface area is 103 Å². The molecule has 1 heterocycles. The van der Waals surface area contributed by atoms with Crippen molar-refractivity contribution < 1.29 is 9.53 Å². The standard InChI is InChI=1S/C12H10N4O2/c1-18-8-4-2-7(3-5-8)9(6-13)10-11(17)16-12(14)15-10/h2-5H,1H3,(H3,14,15,16,17)/b10-9-. The number of aliphatic imine (C=N–C) groups is 1. The molecule has 0 saturated carbocycles. The molecule has 1 amide bonds. The molecule has 0 bridgehead atoms. The van der Waals surface area contributed by atoms with E-state index in [1.165, 1.54) is 0 Å². The van der Waals surface area contributed by atoms with Crippen LogP contribution in [0.5, 0.6) is 5.75 Å². The number of hydrogen-bond acceptors (Lipinski definition) is 5. The van der Waals surface area contributed by atoms with Crippen molar-refractivity contribution in [2.75, 3.05) is 7.11 Å². The van der Waals surface area contributed by atoms with Gasteiger partial charge in [-0.15, -0.1) is 0 Å². The monoisotopic (exact) mass is 242 g/mol. The molecule has 90 valence electrons. The highest BCUT2D eigenvalue weighted by Gasteiger charge is 2.23. The average Bonchev–Trinajstić information content (AvgIpc) is 2.70. The SMILES string of the molecule is COc1ccc(/C(C#N)=C2\N=C(N)NC2=O)cc1. The van der Waals surface area contributed by atoms with Gasteiger partial charge < -0.3 is 10.5 Å². The predicted molar refractivity (Wildman–Crippen MR) is 65.3 cm³/mol. The number of allylic oxidation sites excluding steroid dienone is 1. The summed E-state index contributed by atoms with van der Waals surface area (Å²) in [5.41, 5.74) is 6.18. The van der Waals surface area contributed by atoms with E-state index in [1.54, 1.807) is 31.4 Å². The minimum Gasteiger partial charge on any atom is -0.497 e. The lowest BCUT2D eigenvalue weighted by Crippen LogP contribution is -2.30. The van der Waals surface area contributed by atoms with Crippen molar-refractivity contribution in [2.24, 2.45) is 10.7 Å². The Morgan fingerprint density at radius 3 is 2.56 bits per heavy atom. The summed E-state index contributed by atoms with van der Waals surface area (Å²) < 4.78 is 5.02. The van der Waals surface area contributed by atoms with Crippen LogP contribution in [0.4, 0.5) is 0 Å². The van der Waals surface area contributed by atoms with Gasteiger partial charge in [0.2, 0.25) is 5.96 Å². The van der Waals surface area contributed by atoms with Crippen LogP contribution in [0, 0.1) is 11.3 Å². The van der Waals surface area contributed by atoms with E-state index in [1.807, 2.05) is 6.07 Å². The lowest BCUT2D eigenvalue weighted by Gasteiger charge is -2.03. The quantitative estimate of drug-likeness (QED) is 0.578. The summed E-state index contributed by atoms with van der Waals surface area (Å²) in [5.74, 6) is 0.191. The molecule has 0 atom stereocenters. The van der Waals surface area contributed by atoms with Gasteiger partial charge in [-0.1, -0.05) is 0 Å². The highest BCUT2D eigenvalue weighted by atomic mass is 16.5. The van der Waals surface area contributed by atoms with Gasteiger partial charge in [0.15, 0.2) is 5.70 Å². The van der Waals surface area contributed by atoms with Crippen LogP contribution in [0.15, 0.2) is 35.0 Å². The number of carbonyl (C=O) groups excluding carboxylic acids is 1. The normalized spacial score (nSPS) is 16.7. The van der Waals surface area contributed by atoms with E-state index in [2.05, 4.69) is 10.3 Å². The maximum Gasteiger partial charge on any atom is 0.278 e. The fraction of sp³-hybridized carbons (Fsp3) is 0.0833. The van der Waals surface area contributed by atoms with Crippen molar-refractivity contribution in [1.82, 2.24) is 5.32 Å². The van der Waals surface area contributed by atoms with Gasteiger partial charge >= 0.3 is 0 Å². The van der Waals surface area contributed by atoms with Crippen LogP contribution in [0.25, 0.3) is 5.57 Å². The molecule has 1 aromatic carbocycles. The lowest BCUT2D eigenvalue weighted by molar-refractivity contribution is -0.115. The van der Waals surface area contributed by atoms with Crippen molar-refractivity contribution >= 4 is 17.4 Å². The number of nitrogens with zero attached hydrogens (tertiary/aromatic N) is 2. The topological polar surface area (TPSA) is 100 Å². The number of benzene rings is 1. The fourth-order valence-corrected chi connectivity index (χ4v) is 1.56. The summed E-state index contributed by atoms with van der Waals surface area (Å²) in [5, 5.41) is 11.5. The second-order valence-electron chi connectivity index (χ2n) is 3.52.